The molecule has 0 amide bonds. The monoisotopic (exact) mass is 681 g/mol. The number of thiophene rings is 1. The van der Waals surface area contributed by atoms with E-state index >= 15 is 0 Å². The molecule has 0 bridgehead atoms. The molecule has 3 heterocycles. The van der Waals surface area contributed by atoms with E-state index < -0.39 is 0 Å². The molecule has 0 N–H and O–H groups in total. The second kappa shape index (κ2) is 10.3. The Morgan fingerprint density at radius 2 is 1.28 bits per heavy atom. The largest absolute Gasteiger partial charge is 0.309 e. The molecule has 7 aromatic carbocycles. The van der Waals surface area contributed by atoms with Gasteiger partial charge in [0.1, 0.15) is 0 Å². The average Bonchev–Trinajstić information content (AvgIpc) is 3.68. The number of para-hydroxylation sites is 1. The molecule has 0 aliphatic rings. The fraction of sp³-hybridized carbons (Fsp3) is 0. The van der Waals surface area contributed by atoms with E-state index in [9.17, 15) is 0 Å². The Labute approximate surface area is 282 Å². The summed E-state index contributed by atoms with van der Waals surface area (Å²) in [5, 5.41) is 8.40. The van der Waals surface area contributed by atoms with Gasteiger partial charge < -0.3 is 4.57 Å². The summed E-state index contributed by atoms with van der Waals surface area (Å²) < 4.78 is 6.12. The molecule has 0 aliphatic heterocycles. The van der Waals surface area contributed by atoms with Crippen LogP contribution in [-0.2, 0) is 0 Å². The average molecular weight is 683 g/mol. The van der Waals surface area contributed by atoms with Crippen molar-refractivity contribution < 1.29 is 0 Å². The first-order chi connectivity index (χ1) is 23.2. The third-order valence-electron chi connectivity index (χ3n) is 9.26. The number of benzene rings is 7. The second-order valence-electron chi connectivity index (χ2n) is 11.9. The molecule has 47 heavy (non-hydrogen) atoms. The lowest BCUT2D eigenvalue weighted by molar-refractivity contribution is 1.18. The normalized spacial score (nSPS) is 11.9. The summed E-state index contributed by atoms with van der Waals surface area (Å²) in [5.74, 6) is 0.719. The molecule has 0 saturated heterocycles. The number of aromatic nitrogens is 3. The Morgan fingerprint density at radius 1 is 0.553 bits per heavy atom. The molecule has 0 unspecified atom stereocenters. The second-order valence-corrected chi connectivity index (χ2v) is 13.8. The predicted molar refractivity (Wildman–Crippen MR) is 203 cm³/mol. The minimum atomic E-state index is 0.719. The molecule has 5 heteroatoms. The summed E-state index contributed by atoms with van der Waals surface area (Å²) in [6, 6.07) is 51.7. The topological polar surface area (TPSA) is 30.7 Å². The molecule has 0 radical (unpaired) electrons. The molecule has 0 saturated carbocycles. The van der Waals surface area contributed by atoms with Gasteiger partial charge in [0, 0.05) is 58.3 Å². The molecule has 3 aromatic heterocycles. The van der Waals surface area contributed by atoms with E-state index in [0.29, 0.717) is 0 Å². The zero-order chi connectivity index (χ0) is 31.1. The molecule has 220 valence electrons. The molecular weight excluding hydrogens is 658 g/mol. The highest BCUT2D eigenvalue weighted by atomic mass is 79.9. The van der Waals surface area contributed by atoms with Gasteiger partial charge in [0.15, 0.2) is 5.82 Å². The number of fused-ring (bicyclic) bond motifs is 10. The summed E-state index contributed by atoms with van der Waals surface area (Å²) in [7, 11) is 0. The Kier molecular flexibility index (Phi) is 5.89. The first-order valence-electron chi connectivity index (χ1n) is 15.6. The maximum Gasteiger partial charge on any atom is 0.160 e. The van der Waals surface area contributed by atoms with Gasteiger partial charge in [0.2, 0.25) is 0 Å². The fourth-order valence-electron chi connectivity index (χ4n) is 7.14. The van der Waals surface area contributed by atoms with Crippen molar-refractivity contribution in [3.63, 3.8) is 0 Å². The number of hydrogen-bond acceptors (Lipinski definition) is 3. The summed E-state index contributed by atoms with van der Waals surface area (Å²) in [4.78, 5) is 10.4. The molecule has 0 spiro atoms. The van der Waals surface area contributed by atoms with Gasteiger partial charge >= 0.3 is 0 Å². The number of hydrogen-bond donors (Lipinski definition) is 0. The molecule has 10 aromatic rings. The van der Waals surface area contributed by atoms with E-state index in [2.05, 4.69) is 160 Å². The highest BCUT2D eigenvalue weighted by Crippen LogP contribution is 2.46. The van der Waals surface area contributed by atoms with Crippen LogP contribution >= 0.6 is 27.3 Å². The fourth-order valence-corrected chi connectivity index (χ4v) is 8.92. The van der Waals surface area contributed by atoms with Crippen LogP contribution in [-0.4, -0.2) is 14.5 Å². The lowest BCUT2D eigenvalue weighted by Crippen LogP contribution is -1.97. The van der Waals surface area contributed by atoms with Crippen molar-refractivity contribution in [1.82, 2.24) is 14.5 Å². The van der Waals surface area contributed by atoms with E-state index in [-0.39, 0.29) is 0 Å². The van der Waals surface area contributed by atoms with Crippen LogP contribution in [0.1, 0.15) is 0 Å². The van der Waals surface area contributed by atoms with Crippen LogP contribution in [0.25, 0.3) is 92.0 Å². The summed E-state index contributed by atoms with van der Waals surface area (Å²) in [5.41, 5.74) is 7.50. The lowest BCUT2D eigenvalue weighted by Gasteiger charge is -2.13. The molecular formula is C42H24BrN3S. The van der Waals surface area contributed by atoms with Gasteiger partial charge in [0.25, 0.3) is 0 Å². The van der Waals surface area contributed by atoms with Crippen LogP contribution in [0.2, 0.25) is 0 Å². The van der Waals surface area contributed by atoms with Gasteiger partial charge in [-0.3, -0.25) is 0 Å². The van der Waals surface area contributed by atoms with Gasteiger partial charge in [-0.15, -0.1) is 11.3 Å². The zero-order valence-corrected chi connectivity index (χ0v) is 27.4. The van der Waals surface area contributed by atoms with Crippen LogP contribution in [0.5, 0.6) is 0 Å². The molecule has 3 nitrogen and oxygen atoms in total. The quantitative estimate of drug-likeness (QED) is 0.174. The van der Waals surface area contributed by atoms with Gasteiger partial charge in [-0.1, -0.05) is 97.1 Å². The lowest BCUT2D eigenvalue weighted by atomic mass is 10.0. The van der Waals surface area contributed by atoms with E-state index in [1.165, 1.54) is 47.4 Å². The Balaban J connectivity index is 1.22. The number of rotatable bonds is 3. The minimum absolute atomic E-state index is 0.719. The van der Waals surface area contributed by atoms with Crippen molar-refractivity contribution in [1.29, 1.82) is 0 Å². The van der Waals surface area contributed by atoms with Crippen LogP contribution < -0.4 is 0 Å². The van der Waals surface area contributed by atoms with E-state index in [1.54, 1.807) is 0 Å². The van der Waals surface area contributed by atoms with Crippen molar-refractivity contribution in [2.24, 2.45) is 0 Å². The zero-order valence-electron chi connectivity index (χ0n) is 25.0. The Bertz CT molecular complexity index is 2850. The summed E-state index contributed by atoms with van der Waals surface area (Å²) >= 11 is 5.77. The van der Waals surface area contributed by atoms with Crippen molar-refractivity contribution in [3.8, 4) is 28.3 Å². The number of halogens is 1. The smallest absolute Gasteiger partial charge is 0.160 e. The first kappa shape index (κ1) is 26.8. The van der Waals surface area contributed by atoms with Crippen LogP contribution in [0.15, 0.2) is 150 Å². The van der Waals surface area contributed by atoms with Gasteiger partial charge in [-0.05, 0) is 69.8 Å². The van der Waals surface area contributed by atoms with E-state index in [0.717, 1.165) is 49.1 Å². The Hall–Kier alpha value is -5.36. The van der Waals surface area contributed by atoms with Crippen molar-refractivity contribution >= 4 is 90.9 Å². The van der Waals surface area contributed by atoms with Crippen molar-refractivity contribution in [2.45, 2.75) is 0 Å². The maximum atomic E-state index is 5.21. The van der Waals surface area contributed by atoms with Crippen LogP contribution in [0.4, 0.5) is 0 Å². The van der Waals surface area contributed by atoms with Gasteiger partial charge in [0.05, 0.1) is 26.9 Å². The minimum Gasteiger partial charge on any atom is -0.309 e. The van der Waals surface area contributed by atoms with Crippen LogP contribution in [0, 0.1) is 0 Å². The summed E-state index contributed by atoms with van der Waals surface area (Å²) in [6.07, 6.45) is 0. The van der Waals surface area contributed by atoms with E-state index in [4.69, 9.17) is 9.97 Å². The van der Waals surface area contributed by atoms with Gasteiger partial charge in [-0.25, -0.2) is 9.97 Å². The third-order valence-corrected chi connectivity index (χ3v) is 11.3. The number of nitrogens with zero attached hydrogens (tertiary/aromatic N) is 3. The van der Waals surface area contributed by atoms with Crippen LogP contribution in [0.3, 0.4) is 0 Å². The maximum absolute atomic E-state index is 5.21. The molecule has 10 rings (SSSR count). The van der Waals surface area contributed by atoms with E-state index in [1.807, 2.05) is 17.4 Å². The highest BCUT2D eigenvalue weighted by molar-refractivity contribution is 9.10. The standard InChI is InChI=1S/C42H24BrN3S/c43-34-24-33-30-14-6-8-16-35(30)46(40(33)37-31-15-7-9-17-36(31)47-41(34)37)28-21-18-27(19-22-28)42-44-38(26-11-2-1-3-12-26)32-23-20-25-10-4-5-13-29(25)39(32)45-42/h1-24H. The predicted octanol–water partition coefficient (Wildman–Crippen LogP) is 12.3. The third kappa shape index (κ3) is 4.03. The molecule has 0 aliphatic carbocycles. The Morgan fingerprint density at radius 3 is 2.13 bits per heavy atom. The summed E-state index contributed by atoms with van der Waals surface area (Å²) in [6.45, 7) is 0. The molecule has 0 fully saturated rings. The van der Waals surface area contributed by atoms with Gasteiger partial charge in [-0.2, -0.15) is 0 Å². The SMILES string of the molecule is Brc1cc2c3ccccc3n(-c3ccc(-c4nc(-c5ccccc5)c5ccc6ccccc6c5n4)cc3)c2c2c1sc1ccccc12. The molecule has 0 atom stereocenters. The van der Waals surface area contributed by atoms with Crippen molar-refractivity contribution in [2.75, 3.05) is 0 Å². The first-order valence-corrected chi connectivity index (χ1v) is 17.2. The van der Waals surface area contributed by atoms with Crippen molar-refractivity contribution in [3.05, 3.63) is 150 Å². The highest BCUT2D eigenvalue weighted by Gasteiger charge is 2.20.